The minimum atomic E-state index is -4.58. The molecule has 180 valence electrons. The molecule has 3 aromatic heterocycles. The number of nitrogens with two attached hydrogens (primary N) is 1. The van der Waals surface area contributed by atoms with E-state index in [1.807, 2.05) is 5.10 Å². The van der Waals surface area contributed by atoms with Crippen molar-refractivity contribution in [3.8, 4) is 0 Å². The maximum absolute atomic E-state index is 13.0. The van der Waals surface area contributed by atoms with E-state index in [1.54, 1.807) is 12.1 Å². The number of hydrogen-bond acceptors (Lipinski definition) is 5. The van der Waals surface area contributed by atoms with Crippen molar-refractivity contribution in [2.75, 3.05) is 18.4 Å². The van der Waals surface area contributed by atoms with E-state index in [1.165, 1.54) is 10.5 Å². The zero-order chi connectivity index (χ0) is 24.2. The summed E-state index contributed by atoms with van der Waals surface area (Å²) >= 11 is 0. The number of imidazole rings is 1. The van der Waals surface area contributed by atoms with Crippen LogP contribution in [0.1, 0.15) is 36.2 Å². The van der Waals surface area contributed by atoms with Crippen LogP contribution in [0.2, 0.25) is 0 Å². The van der Waals surface area contributed by atoms with Crippen LogP contribution in [0.15, 0.2) is 37.2 Å². The number of aromatic nitrogens is 4. The van der Waals surface area contributed by atoms with Crippen LogP contribution < -0.4 is 16.4 Å². The number of H-pyrrole nitrogens is 1. The molecule has 0 aromatic carbocycles. The van der Waals surface area contributed by atoms with E-state index in [4.69, 9.17) is 5.73 Å². The molecule has 0 radical (unpaired) electrons. The van der Waals surface area contributed by atoms with Gasteiger partial charge >= 0.3 is 12.4 Å². The van der Waals surface area contributed by atoms with Crippen LogP contribution in [0, 0.1) is 0 Å². The van der Waals surface area contributed by atoms with Crippen molar-refractivity contribution in [1.82, 2.24) is 24.9 Å². The average Bonchev–Trinajstić information content (AvgIpc) is 3.38. The molecule has 3 rings (SSSR count). The Morgan fingerprint density at radius 3 is 2.58 bits per heavy atom. The van der Waals surface area contributed by atoms with Crippen molar-refractivity contribution >= 4 is 17.2 Å². The summed E-state index contributed by atoms with van der Waals surface area (Å²) in [6.45, 7) is 4.31. The summed E-state index contributed by atoms with van der Waals surface area (Å²) in [5.74, 6) is 0.430. The van der Waals surface area contributed by atoms with Gasteiger partial charge in [-0.3, -0.25) is 9.50 Å². The van der Waals surface area contributed by atoms with Gasteiger partial charge in [0.05, 0.1) is 6.20 Å². The van der Waals surface area contributed by atoms with Crippen molar-refractivity contribution in [2.45, 2.75) is 37.7 Å². The SMILES string of the molecule is C=C(NCCCC(CCN)Nc1cccc2nc(C(F)(F)F)cn12)c1cn[nH]c1C(F)(F)F. The van der Waals surface area contributed by atoms with E-state index < -0.39 is 23.7 Å². The molecule has 0 amide bonds. The molecular formula is C20H23F6N7. The Morgan fingerprint density at radius 2 is 1.91 bits per heavy atom. The third-order valence-electron chi connectivity index (χ3n) is 4.97. The smallest absolute Gasteiger partial charge is 0.385 e. The van der Waals surface area contributed by atoms with Crippen LogP contribution in [0.25, 0.3) is 11.3 Å². The lowest BCUT2D eigenvalue weighted by Gasteiger charge is -2.20. The minimum absolute atomic E-state index is 0.0854. The van der Waals surface area contributed by atoms with E-state index in [2.05, 4.69) is 27.3 Å². The monoisotopic (exact) mass is 475 g/mol. The first kappa shape index (κ1) is 24.4. The number of anilines is 1. The van der Waals surface area contributed by atoms with Gasteiger partial charge in [-0.1, -0.05) is 12.6 Å². The molecule has 0 aliphatic heterocycles. The molecule has 13 heteroatoms. The molecule has 0 saturated carbocycles. The number of fused-ring (bicyclic) bond motifs is 1. The third kappa shape index (κ3) is 5.97. The highest BCUT2D eigenvalue weighted by atomic mass is 19.4. The van der Waals surface area contributed by atoms with E-state index >= 15 is 0 Å². The summed E-state index contributed by atoms with van der Waals surface area (Å²) in [6.07, 6.45) is -5.51. The second-order valence-electron chi connectivity index (χ2n) is 7.39. The summed E-state index contributed by atoms with van der Waals surface area (Å²) in [4.78, 5) is 3.61. The van der Waals surface area contributed by atoms with Gasteiger partial charge < -0.3 is 16.4 Å². The number of rotatable bonds is 10. The Morgan fingerprint density at radius 1 is 1.15 bits per heavy atom. The molecule has 0 spiro atoms. The quantitative estimate of drug-likeness (QED) is 0.260. The van der Waals surface area contributed by atoms with E-state index in [0.717, 1.165) is 12.4 Å². The highest BCUT2D eigenvalue weighted by Crippen LogP contribution is 2.32. The lowest BCUT2D eigenvalue weighted by atomic mass is 10.1. The van der Waals surface area contributed by atoms with Gasteiger partial charge in [0.25, 0.3) is 0 Å². The Kier molecular flexibility index (Phi) is 7.20. The summed E-state index contributed by atoms with van der Waals surface area (Å²) in [6, 6.07) is 4.53. The van der Waals surface area contributed by atoms with Crippen LogP contribution in [0.5, 0.6) is 0 Å². The predicted octanol–water partition coefficient (Wildman–Crippen LogP) is 4.27. The Balaban J connectivity index is 1.60. The number of alkyl halides is 6. The van der Waals surface area contributed by atoms with Crippen LogP contribution in [-0.4, -0.2) is 38.7 Å². The molecule has 0 saturated heterocycles. The Hall–Kier alpha value is -3.22. The minimum Gasteiger partial charge on any atom is -0.385 e. The summed E-state index contributed by atoms with van der Waals surface area (Å²) in [5.41, 5.74) is 3.78. The molecule has 3 aromatic rings. The Labute approximate surface area is 185 Å². The van der Waals surface area contributed by atoms with Crippen molar-refractivity contribution < 1.29 is 26.3 Å². The summed E-state index contributed by atoms with van der Waals surface area (Å²) in [7, 11) is 0. The number of halogens is 6. The topological polar surface area (TPSA) is 96.1 Å². The van der Waals surface area contributed by atoms with Crippen LogP contribution >= 0.6 is 0 Å². The van der Waals surface area contributed by atoms with Crippen molar-refractivity contribution in [3.63, 3.8) is 0 Å². The van der Waals surface area contributed by atoms with E-state index in [9.17, 15) is 26.3 Å². The van der Waals surface area contributed by atoms with Gasteiger partial charge in [0, 0.05) is 30.0 Å². The van der Waals surface area contributed by atoms with Gasteiger partial charge in [0.15, 0.2) is 5.69 Å². The molecular weight excluding hydrogens is 452 g/mol. The van der Waals surface area contributed by atoms with Crippen molar-refractivity contribution in [1.29, 1.82) is 0 Å². The van der Waals surface area contributed by atoms with E-state index in [0.29, 0.717) is 38.2 Å². The first-order valence-electron chi connectivity index (χ1n) is 10.1. The lowest BCUT2D eigenvalue weighted by molar-refractivity contribution is -0.141. The zero-order valence-corrected chi connectivity index (χ0v) is 17.4. The molecule has 7 nitrogen and oxygen atoms in total. The number of nitrogens with one attached hydrogen (secondary N) is 3. The summed E-state index contributed by atoms with van der Waals surface area (Å²) < 4.78 is 79.3. The van der Waals surface area contributed by atoms with Gasteiger partial charge in [-0.15, -0.1) is 0 Å². The zero-order valence-electron chi connectivity index (χ0n) is 17.4. The standard InChI is InChI=1S/C20H23F6N7/c1-12(14-10-29-32-18(14)20(24,25)26)28-9-3-4-13(7-8-27)30-16-5-2-6-17-31-15(11-33(16)17)19(21,22)23/h2,5-6,10-11,13,28,30H,1,3-4,7-9,27H2,(H,29,32). The van der Waals surface area contributed by atoms with Gasteiger partial charge in [0.1, 0.15) is 17.2 Å². The number of aromatic amines is 1. The fourth-order valence-corrected chi connectivity index (χ4v) is 3.38. The van der Waals surface area contributed by atoms with Gasteiger partial charge in [-0.25, -0.2) is 4.98 Å². The highest BCUT2D eigenvalue weighted by Gasteiger charge is 2.36. The second-order valence-corrected chi connectivity index (χ2v) is 7.39. The molecule has 3 heterocycles. The first-order valence-corrected chi connectivity index (χ1v) is 10.1. The molecule has 0 aliphatic carbocycles. The molecule has 1 unspecified atom stereocenters. The predicted molar refractivity (Wildman–Crippen MR) is 111 cm³/mol. The maximum Gasteiger partial charge on any atom is 0.434 e. The summed E-state index contributed by atoms with van der Waals surface area (Å²) in [5, 5.41) is 11.4. The number of pyridine rings is 1. The molecule has 0 bridgehead atoms. The molecule has 33 heavy (non-hydrogen) atoms. The molecule has 0 aliphatic rings. The van der Waals surface area contributed by atoms with E-state index in [-0.39, 0.29) is 22.9 Å². The first-order chi connectivity index (χ1) is 15.5. The Bertz CT molecular complexity index is 1080. The lowest BCUT2D eigenvalue weighted by Crippen LogP contribution is -2.26. The second kappa shape index (κ2) is 9.73. The van der Waals surface area contributed by atoms with Crippen molar-refractivity contribution in [2.24, 2.45) is 5.73 Å². The number of hydrogen-bond donors (Lipinski definition) is 4. The van der Waals surface area contributed by atoms with Crippen LogP contribution in [0.3, 0.4) is 0 Å². The molecule has 5 N–H and O–H groups in total. The molecule has 1 atom stereocenters. The fourth-order valence-electron chi connectivity index (χ4n) is 3.38. The van der Waals surface area contributed by atoms with Gasteiger partial charge in [-0.05, 0) is 37.9 Å². The highest BCUT2D eigenvalue weighted by molar-refractivity contribution is 5.63. The van der Waals surface area contributed by atoms with Crippen molar-refractivity contribution in [3.05, 3.63) is 54.1 Å². The fraction of sp³-hybridized carbons (Fsp3) is 0.400. The van der Waals surface area contributed by atoms with Gasteiger partial charge in [-0.2, -0.15) is 31.4 Å². The largest absolute Gasteiger partial charge is 0.434 e. The average molecular weight is 475 g/mol. The number of nitrogens with zero attached hydrogens (tertiary/aromatic N) is 3. The van der Waals surface area contributed by atoms with Crippen LogP contribution in [0.4, 0.5) is 32.2 Å². The molecule has 0 fully saturated rings. The van der Waals surface area contributed by atoms with Gasteiger partial charge in [0.2, 0.25) is 0 Å². The van der Waals surface area contributed by atoms with Crippen LogP contribution in [-0.2, 0) is 12.4 Å². The maximum atomic E-state index is 13.0. The normalized spacial score (nSPS) is 13.3. The third-order valence-corrected chi connectivity index (χ3v) is 4.97.